The number of aromatic carboxylic acids is 1. The molecule has 0 aliphatic rings. The summed E-state index contributed by atoms with van der Waals surface area (Å²) >= 11 is 1.46. The zero-order valence-corrected chi connectivity index (χ0v) is 11.9. The largest absolute Gasteiger partial charge is 0.497 e. The van der Waals surface area contributed by atoms with Gasteiger partial charge in [-0.1, -0.05) is 12.1 Å². The summed E-state index contributed by atoms with van der Waals surface area (Å²) in [4.78, 5) is 15.2. The number of carbonyl (C=O) groups is 1. The van der Waals surface area contributed by atoms with Gasteiger partial charge in [-0.15, -0.1) is 11.8 Å². The summed E-state index contributed by atoms with van der Waals surface area (Å²) in [5.41, 5.74) is 1.44. The highest BCUT2D eigenvalue weighted by atomic mass is 32.2. The standard InChI is InChI=1S/C15H15NO3S/c1-19-12-6-4-11(5-7-12)8-10-20-14-13(15(17)18)3-2-9-16-14/h2-7,9H,8,10H2,1H3,(H,17,18). The molecule has 0 fully saturated rings. The second kappa shape index (κ2) is 6.96. The summed E-state index contributed by atoms with van der Waals surface area (Å²) in [6, 6.07) is 11.1. The number of thioether (sulfide) groups is 1. The molecule has 104 valence electrons. The molecular formula is C15H15NO3S. The molecule has 0 atom stereocenters. The monoisotopic (exact) mass is 289 g/mol. The Bertz CT molecular complexity index is 584. The van der Waals surface area contributed by atoms with E-state index in [0.717, 1.165) is 17.9 Å². The highest BCUT2D eigenvalue weighted by Crippen LogP contribution is 2.21. The minimum absolute atomic E-state index is 0.257. The summed E-state index contributed by atoms with van der Waals surface area (Å²) in [7, 11) is 1.64. The van der Waals surface area contributed by atoms with Crippen molar-refractivity contribution in [2.45, 2.75) is 11.4 Å². The van der Waals surface area contributed by atoms with Gasteiger partial charge in [-0.3, -0.25) is 0 Å². The first-order valence-corrected chi connectivity index (χ1v) is 7.13. The molecule has 2 aromatic rings. The van der Waals surface area contributed by atoms with Gasteiger partial charge in [0.25, 0.3) is 0 Å². The van der Waals surface area contributed by atoms with Crippen molar-refractivity contribution >= 4 is 17.7 Å². The van der Waals surface area contributed by atoms with Crippen LogP contribution in [0.5, 0.6) is 5.75 Å². The third-order valence-electron chi connectivity index (χ3n) is 2.79. The fourth-order valence-electron chi connectivity index (χ4n) is 1.73. The highest BCUT2D eigenvalue weighted by molar-refractivity contribution is 7.99. The molecule has 0 spiro atoms. The van der Waals surface area contributed by atoms with E-state index in [2.05, 4.69) is 4.98 Å². The Kier molecular flexibility index (Phi) is 5.01. The molecule has 1 aromatic carbocycles. The first-order valence-electron chi connectivity index (χ1n) is 6.14. The lowest BCUT2D eigenvalue weighted by Gasteiger charge is -2.05. The van der Waals surface area contributed by atoms with E-state index in [1.165, 1.54) is 17.3 Å². The van der Waals surface area contributed by atoms with Gasteiger partial charge in [-0.25, -0.2) is 9.78 Å². The molecule has 0 radical (unpaired) electrons. The predicted octanol–water partition coefficient (Wildman–Crippen LogP) is 3.12. The maximum atomic E-state index is 11.1. The number of aryl methyl sites for hydroxylation is 1. The number of nitrogens with zero attached hydrogens (tertiary/aromatic N) is 1. The summed E-state index contributed by atoms with van der Waals surface area (Å²) in [6.45, 7) is 0. The Morgan fingerprint density at radius 1 is 1.30 bits per heavy atom. The number of hydrogen-bond donors (Lipinski definition) is 1. The van der Waals surface area contributed by atoms with E-state index in [1.54, 1.807) is 25.4 Å². The van der Waals surface area contributed by atoms with Crippen LogP contribution in [0.4, 0.5) is 0 Å². The van der Waals surface area contributed by atoms with Gasteiger partial charge in [-0.2, -0.15) is 0 Å². The zero-order chi connectivity index (χ0) is 14.4. The minimum Gasteiger partial charge on any atom is -0.497 e. The van der Waals surface area contributed by atoms with E-state index >= 15 is 0 Å². The fraction of sp³-hybridized carbons (Fsp3) is 0.200. The summed E-state index contributed by atoms with van der Waals surface area (Å²) < 4.78 is 5.10. The summed E-state index contributed by atoms with van der Waals surface area (Å²) in [5, 5.41) is 9.64. The van der Waals surface area contributed by atoms with E-state index in [-0.39, 0.29) is 5.56 Å². The molecule has 20 heavy (non-hydrogen) atoms. The van der Waals surface area contributed by atoms with Gasteiger partial charge < -0.3 is 9.84 Å². The van der Waals surface area contributed by atoms with E-state index in [4.69, 9.17) is 9.84 Å². The van der Waals surface area contributed by atoms with Crippen LogP contribution in [0.25, 0.3) is 0 Å². The van der Waals surface area contributed by atoms with Crippen molar-refractivity contribution in [2.75, 3.05) is 12.9 Å². The number of benzene rings is 1. The molecule has 0 unspecified atom stereocenters. The maximum Gasteiger partial charge on any atom is 0.338 e. The summed E-state index contributed by atoms with van der Waals surface area (Å²) in [5.74, 6) is 0.674. The zero-order valence-electron chi connectivity index (χ0n) is 11.1. The van der Waals surface area contributed by atoms with Crippen LogP contribution in [0.15, 0.2) is 47.6 Å². The second-order valence-electron chi connectivity index (χ2n) is 4.11. The Morgan fingerprint density at radius 3 is 2.70 bits per heavy atom. The van der Waals surface area contributed by atoms with Crippen LogP contribution >= 0.6 is 11.8 Å². The molecule has 5 heteroatoms. The predicted molar refractivity (Wildman–Crippen MR) is 78.6 cm³/mol. The maximum absolute atomic E-state index is 11.1. The van der Waals surface area contributed by atoms with Crippen LogP contribution in [-0.2, 0) is 6.42 Å². The first kappa shape index (κ1) is 14.4. The molecule has 1 N–H and O–H groups in total. The first-order chi connectivity index (χ1) is 9.70. The van der Waals surface area contributed by atoms with Gasteiger partial charge in [0, 0.05) is 11.9 Å². The smallest absolute Gasteiger partial charge is 0.338 e. The van der Waals surface area contributed by atoms with E-state index in [9.17, 15) is 4.79 Å². The Labute approximate surface area is 121 Å². The number of methoxy groups -OCH3 is 1. The molecule has 4 nitrogen and oxygen atoms in total. The lowest BCUT2D eigenvalue weighted by Crippen LogP contribution is -2.01. The molecule has 0 amide bonds. The van der Waals surface area contributed by atoms with Gasteiger partial charge >= 0.3 is 5.97 Å². The Hall–Kier alpha value is -2.01. The van der Waals surface area contributed by atoms with Gasteiger partial charge in [0.1, 0.15) is 10.8 Å². The molecule has 0 bridgehead atoms. The van der Waals surface area contributed by atoms with Crippen molar-refractivity contribution in [1.82, 2.24) is 4.98 Å². The van der Waals surface area contributed by atoms with Crippen LogP contribution in [0.2, 0.25) is 0 Å². The third-order valence-corrected chi connectivity index (χ3v) is 3.80. The van der Waals surface area contributed by atoms with Crippen LogP contribution in [-0.4, -0.2) is 28.9 Å². The van der Waals surface area contributed by atoms with Crippen molar-refractivity contribution in [2.24, 2.45) is 0 Å². The molecule has 1 aromatic heterocycles. The van der Waals surface area contributed by atoms with E-state index in [0.29, 0.717) is 5.03 Å². The molecule has 2 rings (SSSR count). The number of aromatic nitrogens is 1. The molecule has 0 aliphatic carbocycles. The van der Waals surface area contributed by atoms with Crippen LogP contribution in [0.1, 0.15) is 15.9 Å². The molecule has 0 aliphatic heterocycles. The average molecular weight is 289 g/mol. The normalized spacial score (nSPS) is 10.2. The number of carboxylic acid groups (broad SMARTS) is 1. The molecule has 0 saturated carbocycles. The van der Waals surface area contributed by atoms with Crippen LogP contribution in [0, 0.1) is 0 Å². The van der Waals surface area contributed by atoms with Gasteiger partial charge in [-0.05, 0) is 36.2 Å². The Balaban J connectivity index is 1.94. The number of ether oxygens (including phenoxy) is 1. The Morgan fingerprint density at radius 2 is 2.05 bits per heavy atom. The fourth-order valence-corrected chi connectivity index (χ4v) is 2.70. The van der Waals surface area contributed by atoms with Gasteiger partial charge in [0.2, 0.25) is 0 Å². The third kappa shape index (κ3) is 3.74. The molecule has 1 heterocycles. The van der Waals surface area contributed by atoms with Gasteiger partial charge in [0.15, 0.2) is 0 Å². The minimum atomic E-state index is -0.940. The second-order valence-corrected chi connectivity index (χ2v) is 5.19. The topological polar surface area (TPSA) is 59.4 Å². The van der Waals surface area contributed by atoms with Crippen LogP contribution < -0.4 is 4.74 Å². The quantitative estimate of drug-likeness (QED) is 0.828. The van der Waals surface area contributed by atoms with Crippen LogP contribution in [0.3, 0.4) is 0 Å². The number of hydrogen-bond acceptors (Lipinski definition) is 4. The SMILES string of the molecule is COc1ccc(CCSc2ncccc2C(=O)O)cc1. The lowest BCUT2D eigenvalue weighted by molar-refractivity contribution is 0.0692. The number of carboxylic acids is 1. The summed E-state index contributed by atoms with van der Waals surface area (Å²) in [6.07, 6.45) is 2.46. The number of rotatable bonds is 6. The van der Waals surface area contributed by atoms with Crippen molar-refractivity contribution in [3.63, 3.8) is 0 Å². The highest BCUT2D eigenvalue weighted by Gasteiger charge is 2.10. The van der Waals surface area contributed by atoms with Crippen molar-refractivity contribution < 1.29 is 14.6 Å². The molecule has 0 saturated heterocycles. The molecular weight excluding hydrogens is 274 g/mol. The average Bonchev–Trinajstić information content (AvgIpc) is 2.48. The van der Waals surface area contributed by atoms with Crippen molar-refractivity contribution in [3.05, 3.63) is 53.7 Å². The van der Waals surface area contributed by atoms with E-state index < -0.39 is 5.97 Å². The van der Waals surface area contributed by atoms with Gasteiger partial charge in [0.05, 0.1) is 12.7 Å². The van der Waals surface area contributed by atoms with E-state index in [1.807, 2.05) is 24.3 Å². The lowest BCUT2D eigenvalue weighted by atomic mass is 10.2. The number of pyridine rings is 1. The van der Waals surface area contributed by atoms with Crippen molar-refractivity contribution in [3.8, 4) is 5.75 Å². The van der Waals surface area contributed by atoms with Crippen molar-refractivity contribution in [1.29, 1.82) is 0 Å².